The van der Waals surface area contributed by atoms with Crippen molar-refractivity contribution in [2.75, 3.05) is 31.9 Å². The number of hydrogen-bond donors (Lipinski definition) is 1. The van der Waals surface area contributed by atoms with Gasteiger partial charge in [0.1, 0.15) is 11.4 Å². The van der Waals surface area contributed by atoms with Crippen LogP contribution in [0.3, 0.4) is 0 Å². The molecule has 0 unspecified atom stereocenters. The van der Waals surface area contributed by atoms with Crippen molar-refractivity contribution in [1.29, 1.82) is 0 Å². The minimum atomic E-state index is -0.508. The van der Waals surface area contributed by atoms with E-state index in [2.05, 4.69) is 4.98 Å². The number of piperazine rings is 1. The van der Waals surface area contributed by atoms with Gasteiger partial charge in [0.15, 0.2) is 0 Å². The number of nitrogens with two attached hydrogens (primary N) is 1. The van der Waals surface area contributed by atoms with Crippen LogP contribution in [0.2, 0.25) is 0 Å². The summed E-state index contributed by atoms with van der Waals surface area (Å²) in [4.78, 5) is 31.7. The van der Waals surface area contributed by atoms with Crippen LogP contribution in [0.25, 0.3) is 0 Å². The molecule has 0 aromatic carbocycles. The molecule has 2 rings (SSSR count). The number of hydrogen-bond acceptors (Lipinski definition) is 5. The lowest BCUT2D eigenvalue weighted by Crippen LogP contribution is -2.52. The van der Waals surface area contributed by atoms with Gasteiger partial charge >= 0.3 is 6.09 Å². The Balaban J connectivity index is 1.83. The molecule has 1 aliphatic heterocycles. The van der Waals surface area contributed by atoms with Gasteiger partial charge in [-0.2, -0.15) is 0 Å². The number of carbonyl (C=O) groups is 2. The fourth-order valence-corrected chi connectivity index (χ4v) is 2.29. The van der Waals surface area contributed by atoms with Gasteiger partial charge in [0.05, 0.1) is 6.42 Å². The Morgan fingerprint density at radius 1 is 1.17 bits per heavy atom. The normalized spacial score (nSPS) is 15.4. The lowest BCUT2D eigenvalue weighted by Gasteiger charge is -2.35. The molecular formula is C16H24N4O3. The lowest BCUT2D eigenvalue weighted by atomic mass is 10.2. The van der Waals surface area contributed by atoms with E-state index in [4.69, 9.17) is 10.5 Å². The summed E-state index contributed by atoms with van der Waals surface area (Å²) in [7, 11) is 0. The average Bonchev–Trinajstić information content (AvgIpc) is 2.48. The predicted octanol–water partition coefficient (Wildman–Crippen LogP) is 1.29. The van der Waals surface area contributed by atoms with E-state index in [1.54, 1.807) is 28.1 Å². The van der Waals surface area contributed by atoms with Crippen molar-refractivity contribution in [2.24, 2.45) is 0 Å². The molecule has 0 spiro atoms. The van der Waals surface area contributed by atoms with Crippen molar-refractivity contribution in [2.45, 2.75) is 32.8 Å². The second-order valence-corrected chi connectivity index (χ2v) is 6.62. The van der Waals surface area contributed by atoms with Crippen molar-refractivity contribution in [1.82, 2.24) is 14.8 Å². The molecule has 0 aliphatic carbocycles. The molecule has 2 heterocycles. The first kappa shape index (κ1) is 17.1. The van der Waals surface area contributed by atoms with E-state index in [9.17, 15) is 9.59 Å². The van der Waals surface area contributed by atoms with Crippen LogP contribution in [0.5, 0.6) is 0 Å². The SMILES string of the molecule is CC(C)(C)OC(=O)N1CCN(C(=O)Cc2ccc(N)nc2)CC1. The fourth-order valence-electron chi connectivity index (χ4n) is 2.29. The van der Waals surface area contributed by atoms with Crippen LogP contribution in [-0.2, 0) is 16.0 Å². The lowest BCUT2D eigenvalue weighted by molar-refractivity contribution is -0.132. The number of anilines is 1. The molecule has 1 saturated heterocycles. The zero-order valence-electron chi connectivity index (χ0n) is 13.9. The highest BCUT2D eigenvalue weighted by atomic mass is 16.6. The number of nitrogen functional groups attached to an aromatic ring is 1. The van der Waals surface area contributed by atoms with Crippen molar-refractivity contribution >= 4 is 17.8 Å². The molecule has 0 saturated carbocycles. The summed E-state index contributed by atoms with van der Waals surface area (Å²) in [6, 6.07) is 3.49. The Bertz CT molecular complexity index is 558. The van der Waals surface area contributed by atoms with Crippen molar-refractivity contribution in [3.05, 3.63) is 23.9 Å². The standard InChI is InChI=1S/C16H24N4O3/c1-16(2,3)23-15(22)20-8-6-19(7-9-20)14(21)10-12-4-5-13(17)18-11-12/h4-5,11H,6-10H2,1-3H3,(H2,17,18). The second-order valence-electron chi connectivity index (χ2n) is 6.62. The van der Waals surface area contributed by atoms with E-state index in [1.165, 1.54) is 0 Å². The van der Waals surface area contributed by atoms with Crippen molar-refractivity contribution < 1.29 is 14.3 Å². The molecule has 1 aliphatic rings. The Labute approximate surface area is 136 Å². The van der Waals surface area contributed by atoms with E-state index >= 15 is 0 Å². The Morgan fingerprint density at radius 3 is 2.30 bits per heavy atom. The molecule has 0 atom stereocenters. The summed E-state index contributed by atoms with van der Waals surface area (Å²) < 4.78 is 5.34. The summed E-state index contributed by atoms with van der Waals surface area (Å²) >= 11 is 0. The highest BCUT2D eigenvalue weighted by molar-refractivity contribution is 5.79. The molecule has 126 valence electrons. The highest BCUT2D eigenvalue weighted by Gasteiger charge is 2.27. The fraction of sp³-hybridized carbons (Fsp3) is 0.562. The van der Waals surface area contributed by atoms with E-state index in [-0.39, 0.29) is 12.0 Å². The maximum atomic E-state index is 12.3. The van der Waals surface area contributed by atoms with Crippen molar-refractivity contribution in [3.8, 4) is 0 Å². The van der Waals surface area contributed by atoms with Gasteiger partial charge in [-0.1, -0.05) is 6.07 Å². The largest absolute Gasteiger partial charge is 0.444 e. The van der Waals surface area contributed by atoms with Gasteiger partial charge in [-0.25, -0.2) is 9.78 Å². The molecule has 1 aromatic rings. The third-order valence-electron chi connectivity index (χ3n) is 3.49. The van der Waals surface area contributed by atoms with E-state index in [0.29, 0.717) is 38.4 Å². The van der Waals surface area contributed by atoms with Crippen molar-refractivity contribution in [3.63, 3.8) is 0 Å². The minimum Gasteiger partial charge on any atom is -0.444 e. The molecule has 23 heavy (non-hydrogen) atoms. The topological polar surface area (TPSA) is 88.8 Å². The predicted molar refractivity (Wildman–Crippen MR) is 86.7 cm³/mol. The smallest absolute Gasteiger partial charge is 0.410 e. The van der Waals surface area contributed by atoms with Gasteiger partial charge in [-0.05, 0) is 32.4 Å². The Morgan fingerprint density at radius 2 is 1.78 bits per heavy atom. The minimum absolute atomic E-state index is 0.0282. The van der Waals surface area contributed by atoms with Crippen LogP contribution >= 0.6 is 0 Å². The van der Waals surface area contributed by atoms with Gasteiger partial charge < -0.3 is 20.3 Å². The first-order chi connectivity index (χ1) is 10.7. The number of carbonyl (C=O) groups excluding carboxylic acids is 2. The van der Waals surface area contributed by atoms with Gasteiger partial charge in [-0.15, -0.1) is 0 Å². The maximum absolute atomic E-state index is 12.3. The number of pyridine rings is 1. The van der Waals surface area contributed by atoms with Gasteiger partial charge in [0.2, 0.25) is 5.91 Å². The van der Waals surface area contributed by atoms with Crippen LogP contribution < -0.4 is 5.73 Å². The summed E-state index contributed by atoms with van der Waals surface area (Å²) in [5.74, 6) is 0.465. The molecule has 1 fully saturated rings. The average molecular weight is 320 g/mol. The maximum Gasteiger partial charge on any atom is 0.410 e. The summed E-state index contributed by atoms with van der Waals surface area (Å²) in [5, 5.41) is 0. The summed E-state index contributed by atoms with van der Waals surface area (Å²) in [5.41, 5.74) is 5.86. The molecular weight excluding hydrogens is 296 g/mol. The van der Waals surface area contributed by atoms with Crippen LogP contribution in [0.1, 0.15) is 26.3 Å². The van der Waals surface area contributed by atoms with Gasteiger partial charge in [0, 0.05) is 32.4 Å². The van der Waals surface area contributed by atoms with E-state index < -0.39 is 5.60 Å². The molecule has 2 amide bonds. The Hall–Kier alpha value is -2.31. The summed E-state index contributed by atoms with van der Waals surface area (Å²) in [6.07, 6.45) is 1.58. The second kappa shape index (κ2) is 6.85. The van der Waals surface area contributed by atoms with Crippen LogP contribution in [-0.4, -0.2) is 58.6 Å². The zero-order valence-corrected chi connectivity index (χ0v) is 13.9. The number of ether oxygens (including phenoxy) is 1. The van der Waals surface area contributed by atoms with Crippen LogP contribution in [0, 0.1) is 0 Å². The van der Waals surface area contributed by atoms with Crippen LogP contribution in [0.15, 0.2) is 18.3 Å². The number of amides is 2. The number of nitrogens with zero attached hydrogens (tertiary/aromatic N) is 3. The molecule has 2 N–H and O–H groups in total. The third kappa shape index (κ3) is 5.12. The van der Waals surface area contributed by atoms with E-state index in [0.717, 1.165) is 5.56 Å². The molecule has 0 bridgehead atoms. The summed E-state index contributed by atoms with van der Waals surface area (Å²) in [6.45, 7) is 7.52. The number of aromatic nitrogens is 1. The molecule has 0 radical (unpaired) electrons. The van der Waals surface area contributed by atoms with Crippen LogP contribution in [0.4, 0.5) is 10.6 Å². The monoisotopic (exact) mass is 320 g/mol. The van der Waals surface area contributed by atoms with Gasteiger partial charge in [0.25, 0.3) is 0 Å². The first-order valence-corrected chi connectivity index (χ1v) is 7.71. The van der Waals surface area contributed by atoms with Gasteiger partial charge in [-0.3, -0.25) is 4.79 Å². The molecule has 1 aromatic heterocycles. The van der Waals surface area contributed by atoms with E-state index in [1.807, 2.05) is 20.8 Å². The molecule has 7 heteroatoms. The highest BCUT2D eigenvalue weighted by Crippen LogP contribution is 2.13. The quantitative estimate of drug-likeness (QED) is 0.887. The Kier molecular flexibility index (Phi) is 5.08. The molecule has 7 nitrogen and oxygen atoms in total. The zero-order chi connectivity index (χ0) is 17.0. The first-order valence-electron chi connectivity index (χ1n) is 7.71. The third-order valence-corrected chi connectivity index (χ3v) is 3.49. The number of rotatable bonds is 2.